The van der Waals surface area contributed by atoms with E-state index in [4.69, 9.17) is 0 Å². The monoisotopic (exact) mass is 752 g/mol. The van der Waals surface area contributed by atoms with Crippen molar-refractivity contribution in [1.29, 1.82) is 0 Å². The van der Waals surface area contributed by atoms with Crippen LogP contribution in [0, 0.1) is 20.8 Å². The molecule has 0 heterocycles. The number of nitrogens with zero attached hydrogens (tertiary/aromatic N) is 2. The summed E-state index contributed by atoms with van der Waals surface area (Å²) < 4.78 is 0. The van der Waals surface area contributed by atoms with Crippen LogP contribution in [-0.4, -0.2) is 0 Å². The van der Waals surface area contributed by atoms with Crippen LogP contribution in [0.1, 0.15) is 23.6 Å². The van der Waals surface area contributed by atoms with Gasteiger partial charge in [0.2, 0.25) is 0 Å². The fraction of sp³-hybridized carbons (Fsp3) is 0.0714. The number of aryl methyl sites for hydroxylation is 3. The van der Waals surface area contributed by atoms with Gasteiger partial charge in [-0.05, 0) is 133 Å². The van der Waals surface area contributed by atoms with Crippen LogP contribution in [0.4, 0.5) is 22.7 Å². The van der Waals surface area contributed by atoms with Crippen LogP contribution in [0.25, 0.3) is 33.0 Å². The van der Waals surface area contributed by atoms with E-state index in [1.54, 1.807) is 12.2 Å². The van der Waals surface area contributed by atoms with Crippen molar-refractivity contribution in [2.24, 2.45) is 0 Å². The Kier molecular flexibility index (Phi) is 13.7. The maximum absolute atomic E-state index is 4.07. The van der Waals surface area contributed by atoms with Crippen molar-refractivity contribution in [1.82, 2.24) is 0 Å². The first-order valence-electron chi connectivity index (χ1n) is 19.7. The molecular weight excluding hydrogens is 701 g/mol. The highest BCUT2D eigenvalue weighted by atomic mass is 15.2. The second kappa shape index (κ2) is 19.6. The van der Waals surface area contributed by atoms with Crippen LogP contribution in [0.2, 0.25) is 0 Å². The average Bonchev–Trinajstić information content (AvgIpc) is 3.25. The van der Waals surface area contributed by atoms with Crippen molar-refractivity contribution in [3.63, 3.8) is 0 Å². The second-order valence-electron chi connectivity index (χ2n) is 14.1. The van der Waals surface area contributed by atoms with Gasteiger partial charge in [0.15, 0.2) is 0 Å². The van der Waals surface area contributed by atoms with Gasteiger partial charge in [0.05, 0.1) is 5.69 Å². The van der Waals surface area contributed by atoms with E-state index in [9.17, 15) is 0 Å². The summed E-state index contributed by atoms with van der Waals surface area (Å²) in [5.74, 6) is 0. The van der Waals surface area contributed by atoms with Crippen molar-refractivity contribution < 1.29 is 0 Å². The summed E-state index contributed by atoms with van der Waals surface area (Å²) in [5.41, 5.74) is 15.1. The first-order valence-corrected chi connectivity index (χ1v) is 19.7. The van der Waals surface area contributed by atoms with Gasteiger partial charge in [0.1, 0.15) is 0 Å². The Morgan fingerprint density at radius 1 is 0.483 bits per heavy atom. The maximum atomic E-state index is 4.07. The summed E-state index contributed by atoms with van der Waals surface area (Å²) in [6.45, 7) is 20.4. The van der Waals surface area contributed by atoms with Crippen LogP contribution in [0.3, 0.4) is 0 Å². The minimum absolute atomic E-state index is 0.913. The lowest BCUT2D eigenvalue weighted by molar-refractivity contribution is 1.14. The lowest BCUT2D eigenvalue weighted by Gasteiger charge is -2.30. The fourth-order valence-electron chi connectivity index (χ4n) is 7.18. The molecule has 0 unspecified atom stereocenters. The predicted octanol–water partition coefficient (Wildman–Crippen LogP) is 16.0. The van der Waals surface area contributed by atoms with Crippen molar-refractivity contribution >= 4 is 33.5 Å². The van der Waals surface area contributed by atoms with E-state index in [0.29, 0.717) is 0 Å². The van der Waals surface area contributed by atoms with Crippen LogP contribution in [-0.2, 0) is 0 Å². The zero-order chi connectivity index (χ0) is 40.9. The smallest absolute Gasteiger partial charge is 0.0540 e. The number of rotatable bonds is 12. The third-order valence-corrected chi connectivity index (χ3v) is 10.1. The first kappa shape index (κ1) is 40.5. The number of hydrogen-bond acceptors (Lipinski definition) is 2. The van der Waals surface area contributed by atoms with Crippen molar-refractivity contribution in [2.75, 3.05) is 9.80 Å². The van der Waals surface area contributed by atoms with Crippen LogP contribution in [0.15, 0.2) is 237 Å². The highest BCUT2D eigenvalue weighted by molar-refractivity contribution is 5.99. The Morgan fingerprint density at radius 3 is 1.52 bits per heavy atom. The molecule has 0 aliphatic carbocycles. The third kappa shape index (κ3) is 9.44. The Labute approximate surface area is 346 Å². The Hall–Kier alpha value is -7.16. The third-order valence-electron chi connectivity index (χ3n) is 10.1. The fourth-order valence-corrected chi connectivity index (χ4v) is 7.18. The van der Waals surface area contributed by atoms with Gasteiger partial charge >= 0.3 is 0 Å². The highest BCUT2D eigenvalue weighted by Crippen LogP contribution is 2.40. The first-order chi connectivity index (χ1) is 28.4. The van der Waals surface area contributed by atoms with E-state index >= 15 is 0 Å². The molecule has 2 nitrogen and oxygen atoms in total. The molecule has 0 amide bonds. The zero-order valence-electron chi connectivity index (χ0n) is 34.1. The minimum Gasteiger partial charge on any atom is -0.311 e. The van der Waals surface area contributed by atoms with Crippen molar-refractivity contribution in [3.05, 3.63) is 254 Å². The number of fused-ring (bicyclic) bond motifs is 1. The Balaban J connectivity index is 0.000000339. The van der Waals surface area contributed by atoms with Gasteiger partial charge in [0, 0.05) is 33.8 Å². The van der Waals surface area contributed by atoms with Crippen molar-refractivity contribution in [2.45, 2.75) is 27.7 Å². The number of anilines is 4. The van der Waals surface area contributed by atoms with Crippen LogP contribution < -0.4 is 9.80 Å². The molecule has 0 aliphatic heterocycles. The lowest BCUT2D eigenvalue weighted by Crippen LogP contribution is -2.20. The molecule has 58 heavy (non-hydrogen) atoms. The summed E-state index contributed by atoms with van der Waals surface area (Å²) in [6.07, 6.45) is 13.5. The lowest BCUT2D eigenvalue weighted by atomic mass is 9.97. The number of benzene rings is 7. The average molecular weight is 753 g/mol. The van der Waals surface area contributed by atoms with E-state index in [2.05, 4.69) is 220 Å². The van der Waals surface area contributed by atoms with E-state index in [-0.39, 0.29) is 0 Å². The van der Waals surface area contributed by atoms with E-state index in [1.807, 2.05) is 31.2 Å². The summed E-state index contributed by atoms with van der Waals surface area (Å²) in [4.78, 5) is 4.48. The summed E-state index contributed by atoms with van der Waals surface area (Å²) in [7, 11) is 0. The molecule has 0 N–H and O–H groups in total. The molecule has 0 aromatic heterocycles. The molecule has 0 saturated heterocycles. The minimum atomic E-state index is 0.913. The molecule has 7 rings (SSSR count). The Bertz CT molecular complexity index is 2530. The molecule has 0 fully saturated rings. The van der Waals surface area contributed by atoms with Gasteiger partial charge in [-0.1, -0.05) is 165 Å². The predicted molar refractivity (Wildman–Crippen MR) is 254 cm³/mol. The molecule has 7 aromatic rings. The molecule has 0 saturated carbocycles. The van der Waals surface area contributed by atoms with E-state index in [1.165, 1.54) is 49.7 Å². The topological polar surface area (TPSA) is 6.48 Å². The quantitative estimate of drug-likeness (QED) is 0.115. The molecular formula is C56H52N2. The van der Waals surface area contributed by atoms with Gasteiger partial charge in [-0.15, -0.1) is 0 Å². The highest BCUT2D eigenvalue weighted by Gasteiger charge is 2.18. The number of allylic oxidation sites excluding steroid dienone is 7. The SMILES string of the molecule is C=C/C=C(\C=C)N(C(/C=C\C)=C/C=C)c1ccc(N(c2ccc(-c3ccc(C)cc3)cc2)c2cccc3ccccc23)cc1.Cc1ccccc1-c1ccccc1C. The molecule has 2 heteroatoms. The Morgan fingerprint density at radius 2 is 0.966 bits per heavy atom. The van der Waals surface area contributed by atoms with Crippen molar-refractivity contribution in [3.8, 4) is 22.3 Å². The van der Waals surface area contributed by atoms with Crippen LogP contribution in [0.5, 0.6) is 0 Å². The maximum Gasteiger partial charge on any atom is 0.0540 e. The molecule has 7 aromatic carbocycles. The zero-order valence-corrected chi connectivity index (χ0v) is 34.1. The van der Waals surface area contributed by atoms with Gasteiger partial charge in [-0.25, -0.2) is 0 Å². The van der Waals surface area contributed by atoms with E-state index < -0.39 is 0 Å². The van der Waals surface area contributed by atoms with Gasteiger partial charge in [0.25, 0.3) is 0 Å². The molecule has 286 valence electrons. The summed E-state index contributed by atoms with van der Waals surface area (Å²) in [5, 5.41) is 2.39. The molecule has 0 atom stereocenters. The summed E-state index contributed by atoms with van der Waals surface area (Å²) in [6, 6.07) is 58.2. The molecule has 0 spiro atoms. The van der Waals surface area contributed by atoms with Gasteiger partial charge in [-0.3, -0.25) is 0 Å². The molecule has 0 aliphatic rings. The van der Waals surface area contributed by atoms with E-state index in [0.717, 1.165) is 34.1 Å². The normalized spacial score (nSPS) is 11.4. The molecule has 0 radical (unpaired) electrons. The largest absolute Gasteiger partial charge is 0.311 e. The molecule has 0 bridgehead atoms. The van der Waals surface area contributed by atoms with Gasteiger partial charge < -0.3 is 9.80 Å². The van der Waals surface area contributed by atoms with Gasteiger partial charge in [-0.2, -0.15) is 0 Å². The van der Waals surface area contributed by atoms with Crippen LogP contribution >= 0.6 is 0 Å². The summed E-state index contributed by atoms with van der Waals surface area (Å²) >= 11 is 0. The second-order valence-corrected chi connectivity index (χ2v) is 14.1. The number of hydrogen-bond donors (Lipinski definition) is 0. The standard InChI is InChI=1S/C42H38N2.C14H14/c1-6-13-36(9-4)43(37(14-7-2)15-8-3)38-28-30-40(31-29-38)44(42-19-12-17-35-16-10-11-18-41(35)42)39-26-24-34(25-27-39)33-22-20-32(5)21-23-33;1-11-7-3-5-9-13(11)14-10-6-4-8-12(14)2/h6-31H,1-2,4H2,3,5H3;3-10H,1-2H3/b15-8-,36-13+,37-14+;.